The van der Waals surface area contributed by atoms with E-state index in [-0.39, 0.29) is 5.91 Å². The van der Waals surface area contributed by atoms with Crippen molar-refractivity contribution in [2.75, 3.05) is 12.4 Å². The van der Waals surface area contributed by atoms with E-state index in [4.69, 9.17) is 4.74 Å². The van der Waals surface area contributed by atoms with Crippen molar-refractivity contribution in [3.05, 3.63) is 78.2 Å². The minimum Gasteiger partial charge on any atom is -0.367 e. The molecule has 0 bridgehead atoms. The van der Waals surface area contributed by atoms with Crippen molar-refractivity contribution in [2.24, 2.45) is 0 Å². The summed E-state index contributed by atoms with van der Waals surface area (Å²) in [4.78, 5) is 21.2. The summed E-state index contributed by atoms with van der Waals surface area (Å²) in [5, 5.41) is 11.6. The van der Waals surface area contributed by atoms with Gasteiger partial charge in [0.25, 0.3) is 5.91 Å². The summed E-state index contributed by atoms with van der Waals surface area (Å²) < 4.78 is 5.40. The monoisotopic (exact) mass is 405 g/mol. The number of thioether (sulfide) groups is 1. The van der Waals surface area contributed by atoms with E-state index in [1.165, 1.54) is 13.4 Å². The number of nitrogens with one attached hydrogen (secondary N) is 2. The zero-order chi connectivity index (χ0) is 20.1. The third kappa shape index (κ3) is 4.44. The van der Waals surface area contributed by atoms with E-state index in [1.807, 2.05) is 54.6 Å². The Bertz CT molecular complexity index is 1120. The molecule has 2 aromatic carbocycles. The molecule has 4 rings (SSSR count). The molecule has 4 aromatic rings. The number of fused-ring (bicyclic) bond motifs is 1. The molecule has 1 amide bonds. The molecule has 7 nitrogen and oxygen atoms in total. The van der Waals surface area contributed by atoms with Crippen LogP contribution in [0.15, 0.2) is 72.1 Å². The van der Waals surface area contributed by atoms with Gasteiger partial charge in [-0.15, -0.1) is 11.8 Å². The highest BCUT2D eigenvalue weighted by molar-refractivity contribution is 7.98. The van der Waals surface area contributed by atoms with Gasteiger partial charge in [-0.25, -0.2) is 9.97 Å². The number of methoxy groups -OCH3 is 1. The van der Waals surface area contributed by atoms with Gasteiger partial charge in [-0.2, -0.15) is 5.10 Å². The zero-order valence-corrected chi connectivity index (χ0v) is 16.5. The second-order valence-electron chi connectivity index (χ2n) is 6.32. The average molecular weight is 405 g/mol. The molecular formula is C21H19N5O2S. The molecule has 0 aliphatic heterocycles. The highest BCUT2D eigenvalue weighted by Gasteiger charge is 2.20. The smallest absolute Gasteiger partial charge is 0.258 e. The Kier molecular flexibility index (Phi) is 5.83. The van der Waals surface area contributed by atoms with Gasteiger partial charge < -0.3 is 10.1 Å². The predicted octanol–water partition coefficient (Wildman–Crippen LogP) is 3.97. The van der Waals surface area contributed by atoms with E-state index in [1.54, 1.807) is 18.0 Å². The normalized spacial score (nSPS) is 12.0. The first-order valence-electron chi connectivity index (χ1n) is 8.99. The first-order valence-corrected chi connectivity index (χ1v) is 9.97. The van der Waals surface area contributed by atoms with Crippen LogP contribution in [-0.2, 0) is 15.3 Å². The van der Waals surface area contributed by atoms with Crippen molar-refractivity contribution in [3.63, 3.8) is 0 Å². The number of H-pyrrole nitrogens is 1. The van der Waals surface area contributed by atoms with Crippen molar-refractivity contribution < 1.29 is 9.53 Å². The molecule has 0 radical (unpaired) electrons. The summed E-state index contributed by atoms with van der Waals surface area (Å²) in [5.41, 5.74) is 3.32. The molecule has 0 aliphatic carbocycles. The average Bonchev–Trinajstić information content (AvgIpc) is 3.23. The maximum atomic E-state index is 12.7. The predicted molar refractivity (Wildman–Crippen MR) is 113 cm³/mol. The van der Waals surface area contributed by atoms with Crippen LogP contribution in [0.4, 0.5) is 5.69 Å². The molecule has 0 saturated heterocycles. The van der Waals surface area contributed by atoms with Crippen LogP contribution in [-0.4, -0.2) is 33.2 Å². The van der Waals surface area contributed by atoms with Crippen LogP contribution in [0.5, 0.6) is 0 Å². The van der Waals surface area contributed by atoms with Crippen molar-refractivity contribution in [3.8, 4) is 0 Å². The van der Waals surface area contributed by atoms with E-state index >= 15 is 0 Å². The summed E-state index contributed by atoms with van der Waals surface area (Å²) >= 11 is 1.59. The molecule has 2 N–H and O–H groups in total. The van der Waals surface area contributed by atoms with Crippen molar-refractivity contribution in [1.29, 1.82) is 0 Å². The van der Waals surface area contributed by atoms with Crippen LogP contribution in [0.2, 0.25) is 0 Å². The number of carbonyl (C=O) groups excluding carboxylic acids is 1. The first-order chi connectivity index (χ1) is 14.2. The fourth-order valence-corrected chi connectivity index (χ4v) is 3.89. The van der Waals surface area contributed by atoms with E-state index in [0.29, 0.717) is 5.75 Å². The number of anilines is 1. The molecule has 0 spiro atoms. The SMILES string of the molecule is CO[C@H](C(=O)Nc1cccc(CSc2ncnc3[nH]ncc23)c1)c1ccccc1. The van der Waals surface area contributed by atoms with Gasteiger partial charge in [0.05, 0.1) is 11.6 Å². The molecular weight excluding hydrogens is 386 g/mol. The quantitative estimate of drug-likeness (QED) is 0.357. The van der Waals surface area contributed by atoms with Crippen molar-refractivity contribution >= 4 is 34.4 Å². The van der Waals surface area contributed by atoms with Gasteiger partial charge in [0, 0.05) is 18.6 Å². The summed E-state index contributed by atoms with van der Waals surface area (Å²) in [6, 6.07) is 17.2. The highest BCUT2D eigenvalue weighted by Crippen LogP contribution is 2.27. The van der Waals surface area contributed by atoms with Gasteiger partial charge in [0.1, 0.15) is 11.4 Å². The second-order valence-corrected chi connectivity index (χ2v) is 7.28. The lowest BCUT2D eigenvalue weighted by molar-refractivity contribution is -0.126. The Morgan fingerprint density at radius 2 is 2.03 bits per heavy atom. The lowest BCUT2D eigenvalue weighted by atomic mass is 10.1. The molecule has 0 unspecified atom stereocenters. The maximum Gasteiger partial charge on any atom is 0.258 e. The molecule has 1 atom stereocenters. The van der Waals surface area contributed by atoms with Crippen LogP contribution >= 0.6 is 11.8 Å². The van der Waals surface area contributed by atoms with E-state index in [9.17, 15) is 4.79 Å². The number of amides is 1. The third-order valence-corrected chi connectivity index (χ3v) is 5.43. The van der Waals surface area contributed by atoms with E-state index in [2.05, 4.69) is 25.5 Å². The van der Waals surface area contributed by atoms with Gasteiger partial charge in [0.15, 0.2) is 11.8 Å². The van der Waals surface area contributed by atoms with Gasteiger partial charge in [-0.1, -0.05) is 42.5 Å². The number of carbonyl (C=O) groups is 1. The zero-order valence-electron chi connectivity index (χ0n) is 15.7. The van der Waals surface area contributed by atoms with Crippen LogP contribution in [0.3, 0.4) is 0 Å². The lowest BCUT2D eigenvalue weighted by Crippen LogP contribution is -2.22. The summed E-state index contributed by atoms with van der Waals surface area (Å²) in [5.74, 6) is 0.493. The maximum absolute atomic E-state index is 12.7. The van der Waals surface area contributed by atoms with Crippen LogP contribution < -0.4 is 5.32 Å². The lowest BCUT2D eigenvalue weighted by Gasteiger charge is -2.16. The minimum atomic E-state index is -0.662. The number of hydrogen-bond acceptors (Lipinski definition) is 6. The molecule has 29 heavy (non-hydrogen) atoms. The van der Waals surface area contributed by atoms with Crippen LogP contribution in [0.1, 0.15) is 17.2 Å². The van der Waals surface area contributed by atoms with Gasteiger partial charge >= 0.3 is 0 Å². The number of benzene rings is 2. The van der Waals surface area contributed by atoms with Crippen molar-refractivity contribution in [1.82, 2.24) is 20.2 Å². The largest absolute Gasteiger partial charge is 0.367 e. The molecule has 2 aromatic heterocycles. The summed E-state index contributed by atoms with van der Waals surface area (Å²) in [6.45, 7) is 0. The van der Waals surface area contributed by atoms with Crippen molar-refractivity contribution in [2.45, 2.75) is 16.9 Å². The number of aromatic amines is 1. The minimum absolute atomic E-state index is 0.209. The second kappa shape index (κ2) is 8.85. The molecule has 8 heteroatoms. The third-order valence-electron chi connectivity index (χ3n) is 4.36. The van der Waals surface area contributed by atoms with Gasteiger partial charge in [0.2, 0.25) is 0 Å². The molecule has 0 saturated carbocycles. The molecule has 0 aliphatic rings. The molecule has 0 fully saturated rings. The number of nitrogens with zero attached hydrogens (tertiary/aromatic N) is 3. The summed E-state index contributed by atoms with van der Waals surface area (Å²) in [7, 11) is 1.53. The number of ether oxygens (including phenoxy) is 1. The van der Waals surface area contributed by atoms with E-state index < -0.39 is 6.10 Å². The molecule has 2 heterocycles. The molecule has 146 valence electrons. The van der Waals surface area contributed by atoms with Crippen LogP contribution in [0.25, 0.3) is 11.0 Å². The highest BCUT2D eigenvalue weighted by atomic mass is 32.2. The number of hydrogen-bond donors (Lipinski definition) is 2. The standard InChI is InChI=1S/C21H19N5O2S/c1-28-18(15-7-3-2-4-8-15)20(27)25-16-9-5-6-14(10-16)12-29-21-17-11-24-26-19(17)22-13-23-21/h2-11,13,18H,12H2,1H3,(H,25,27)(H,22,23,24,26)/t18-/m0/s1. The Morgan fingerprint density at radius 3 is 2.86 bits per heavy atom. The Hall–Kier alpha value is -3.23. The van der Waals surface area contributed by atoms with Gasteiger partial charge in [-0.3, -0.25) is 9.89 Å². The Morgan fingerprint density at radius 1 is 1.17 bits per heavy atom. The Labute approximate surface area is 171 Å². The fraction of sp³-hybridized carbons (Fsp3) is 0.143. The first kappa shape index (κ1) is 19.1. The van der Waals surface area contributed by atoms with Crippen LogP contribution in [0, 0.1) is 0 Å². The number of rotatable bonds is 7. The topological polar surface area (TPSA) is 92.8 Å². The Balaban J connectivity index is 1.44. The number of aromatic nitrogens is 4. The van der Waals surface area contributed by atoms with E-state index in [0.717, 1.165) is 32.9 Å². The fourth-order valence-electron chi connectivity index (χ4n) is 2.98. The summed E-state index contributed by atoms with van der Waals surface area (Å²) in [6.07, 6.45) is 2.58. The van der Waals surface area contributed by atoms with Gasteiger partial charge in [-0.05, 0) is 23.3 Å².